The van der Waals surface area contributed by atoms with Crippen molar-refractivity contribution in [3.05, 3.63) is 23.8 Å². The highest BCUT2D eigenvalue weighted by Gasteiger charge is 2.34. The number of carbonyl (C=O) groups is 1. The molecule has 0 radical (unpaired) electrons. The monoisotopic (exact) mass is 425 g/mol. The standard InChI is InChI=1S/C17H23N5O4S2/c1-4-21(13-7-8-28(24,25)11-13)16(23)10-27-17-18-19-20-22(17)14-9-12(2)5-6-15(14)26-3/h5-6,9,13H,4,7-8,10-11H2,1-3H3/t13-/m0/s1. The number of aromatic nitrogens is 4. The van der Waals surface area contributed by atoms with Gasteiger partial charge in [-0.2, -0.15) is 4.68 Å². The molecule has 1 amide bonds. The average molecular weight is 426 g/mol. The molecule has 1 aromatic carbocycles. The first-order valence-electron chi connectivity index (χ1n) is 8.90. The van der Waals surface area contributed by atoms with E-state index in [1.54, 1.807) is 16.7 Å². The number of rotatable bonds is 7. The predicted molar refractivity (Wildman–Crippen MR) is 106 cm³/mol. The maximum atomic E-state index is 12.7. The number of benzene rings is 1. The fourth-order valence-electron chi connectivity index (χ4n) is 3.25. The number of thioether (sulfide) groups is 1. The van der Waals surface area contributed by atoms with Gasteiger partial charge < -0.3 is 9.64 Å². The van der Waals surface area contributed by atoms with Crippen molar-refractivity contribution in [1.82, 2.24) is 25.1 Å². The van der Waals surface area contributed by atoms with E-state index in [1.807, 2.05) is 32.0 Å². The topological polar surface area (TPSA) is 107 Å². The Kier molecular flexibility index (Phi) is 6.23. The summed E-state index contributed by atoms with van der Waals surface area (Å²) in [7, 11) is -1.47. The van der Waals surface area contributed by atoms with Crippen LogP contribution in [0.25, 0.3) is 5.69 Å². The van der Waals surface area contributed by atoms with Gasteiger partial charge in [-0.3, -0.25) is 4.79 Å². The van der Waals surface area contributed by atoms with Gasteiger partial charge in [0.1, 0.15) is 11.4 Å². The van der Waals surface area contributed by atoms with E-state index in [0.29, 0.717) is 29.6 Å². The van der Waals surface area contributed by atoms with Crippen LogP contribution in [0.2, 0.25) is 0 Å². The number of tetrazole rings is 1. The van der Waals surface area contributed by atoms with E-state index >= 15 is 0 Å². The number of hydrogen-bond acceptors (Lipinski definition) is 8. The summed E-state index contributed by atoms with van der Waals surface area (Å²) < 4.78 is 30.4. The van der Waals surface area contributed by atoms with Crippen LogP contribution in [0.5, 0.6) is 5.75 Å². The zero-order valence-corrected chi connectivity index (χ0v) is 17.7. The number of nitrogens with zero attached hydrogens (tertiary/aromatic N) is 5. The molecule has 2 heterocycles. The Hall–Kier alpha value is -2.14. The summed E-state index contributed by atoms with van der Waals surface area (Å²) in [6, 6.07) is 5.42. The lowest BCUT2D eigenvalue weighted by Crippen LogP contribution is -2.42. The summed E-state index contributed by atoms with van der Waals surface area (Å²) >= 11 is 1.21. The molecule has 28 heavy (non-hydrogen) atoms. The Morgan fingerprint density at radius 2 is 2.21 bits per heavy atom. The van der Waals surface area contributed by atoms with Gasteiger partial charge >= 0.3 is 0 Å². The molecule has 0 aliphatic carbocycles. The molecule has 0 spiro atoms. The summed E-state index contributed by atoms with van der Waals surface area (Å²) in [5.74, 6) is 0.798. The van der Waals surface area contributed by atoms with Crippen LogP contribution in [0.3, 0.4) is 0 Å². The summed E-state index contributed by atoms with van der Waals surface area (Å²) in [6.07, 6.45) is 0.491. The molecule has 0 N–H and O–H groups in total. The summed E-state index contributed by atoms with van der Waals surface area (Å²) in [4.78, 5) is 14.3. The molecule has 11 heteroatoms. The number of hydrogen-bond donors (Lipinski definition) is 0. The van der Waals surface area contributed by atoms with E-state index in [-0.39, 0.29) is 29.2 Å². The summed E-state index contributed by atoms with van der Waals surface area (Å²) in [5, 5.41) is 12.2. The van der Waals surface area contributed by atoms with E-state index < -0.39 is 9.84 Å². The number of aryl methyl sites for hydroxylation is 1. The van der Waals surface area contributed by atoms with Gasteiger partial charge in [0.15, 0.2) is 9.84 Å². The smallest absolute Gasteiger partial charge is 0.233 e. The van der Waals surface area contributed by atoms with Gasteiger partial charge in [-0.05, 0) is 48.4 Å². The fraction of sp³-hybridized carbons (Fsp3) is 0.529. The van der Waals surface area contributed by atoms with Crippen LogP contribution < -0.4 is 4.74 Å². The van der Waals surface area contributed by atoms with Crippen LogP contribution in [-0.4, -0.2) is 76.4 Å². The molecule has 2 aromatic rings. The first-order chi connectivity index (χ1) is 13.3. The van der Waals surface area contributed by atoms with Gasteiger partial charge in [-0.15, -0.1) is 5.10 Å². The minimum Gasteiger partial charge on any atom is -0.494 e. The van der Waals surface area contributed by atoms with E-state index in [4.69, 9.17) is 4.74 Å². The highest BCUT2D eigenvalue weighted by Crippen LogP contribution is 2.27. The van der Waals surface area contributed by atoms with Gasteiger partial charge in [0.05, 0.1) is 24.4 Å². The summed E-state index contributed by atoms with van der Waals surface area (Å²) in [6.45, 7) is 4.28. The first-order valence-corrected chi connectivity index (χ1v) is 11.7. The highest BCUT2D eigenvalue weighted by atomic mass is 32.2. The number of ether oxygens (including phenoxy) is 1. The van der Waals surface area contributed by atoms with Crippen molar-refractivity contribution in [2.45, 2.75) is 31.5 Å². The quantitative estimate of drug-likeness (QED) is 0.607. The fourth-order valence-corrected chi connectivity index (χ4v) is 5.75. The lowest BCUT2D eigenvalue weighted by atomic mass is 10.2. The van der Waals surface area contributed by atoms with Crippen LogP contribution in [0.15, 0.2) is 23.4 Å². The number of amides is 1. The SMILES string of the molecule is CCN(C(=O)CSc1nnnn1-c1cc(C)ccc1OC)[C@H]1CCS(=O)(=O)C1. The first kappa shape index (κ1) is 20.6. The van der Waals surface area contributed by atoms with E-state index in [0.717, 1.165) is 5.56 Å². The molecular weight excluding hydrogens is 402 g/mol. The molecule has 0 bridgehead atoms. The molecule has 3 rings (SSSR count). The Bertz CT molecular complexity index is 960. The molecule has 9 nitrogen and oxygen atoms in total. The molecule has 1 atom stereocenters. The van der Waals surface area contributed by atoms with Crippen molar-refractivity contribution in [3.8, 4) is 11.4 Å². The Balaban J connectivity index is 1.73. The zero-order chi connectivity index (χ0) is 20.3. The van der Waals surface area contributed by atoms with Crippen LogP contribution in [0, 0.1) is 6.92 Å². The van der Waals surface area contributed by atoms with Crippen molar-refractivity contribution in [2.75, 3.05) is 30.9 Å². The average Bonchev–Trinajstić information content (AvgIpc) is 3.26. The molecule has 0 unspecified atom stereocenters. The van der Waals surface area contributed by atoms with Gasteiger partial charge in [0.25, 0.3) is 0 Å². The minimum atomic E-state index is -3.05. The van der Waals surface area contributed by atoms with Crippen molar-refractivity contribution in [1.29, 1.82) is 0 Å². The third-order valence-corrected chi connectivity index (χ3v) is 7.29. The second kappa shape index (κ2) is 8.48. The molecule has 1 saturated heterocycles. The van der Waals surface area contributed by atoms with Crippen molar-refractivity contribution >= 4 is 27.5 Å². The van der Waals surface area contributed by atoms with E-state index in [1.165, 1.54) is 11.8 Å². The molecule has 1 aromatic heterocycles. The third-order valence-electron chi connectivity index (χ3n) is 4.64. The third kappa shape index (κ3) is 4.46. The second-order valence-corrected chi connectivity index (χ2v) is 9.75. The molecule has 1 fully saturated rings. The van der Waals surface area contributed by atoms with Gasteiger partial charge in [0, 0.05) is 12.6 Å². The van der Waals surface area contributed by atoms with Crippen molar-refractivity contribution in [2.24, 2.45) is 0 Å². The van der Waals surface area contributed by atoms with Gasteiger partial charge in [-0.1, -0.05) is 17.8 Å². The molecule has 1 aliphatic heterocycles. The van der Waals surface area contributed by atoms with Crippen LogP contribution in [0.4, 0.5) is 0 Å². The summed E-state index contributed by atoms with van der Waals surface area (Å²) in [5.41, 5.74) is 1.72. The minimum absolute atomic E-state index is 0.0372. The Morgan fingerprint density at radius 1 is 1.43 bits per heavy atom. The Labute approximate surface area is 168 Å². The lowest BCUT2D eigenvalue weighted by molar-refractivity contribution is -0.129. The molecule has 152 valence electrons. The largest absolute Gasteiger partial charge is 0.494 e. The second-order valence-electron chi connectivity index (χ2n) is 6.57. The highest BCUT2D eigenvalue weighted by molar-refractivity contribution is 7.99. The van der Waals surface area contributed by atoms with Crippen molar-refractivity contribution in [3.63, 3.8) is 0 Å². The maximum absolute atomic E-state index is 12.7. The van der Waals surface area contributed by atoms with Gasteiger partial charge in [0.2, 0.25) is 11.1 Å². The van der Waals surface area contributed by atoms with Crippen molar-refractivity contribution < 1.29 is 17.9 Å². The number of carbonyl (C=O) groups excluding carboxylic acids is 1. The molecular formula is C17H23N5O4S2. The normalized spacial score (nSPS) is 18.2. The van der Waals surface area contributed by atoms with E-state index in [9.17, 15) is 13.2 Å². The number of methoxy groups -OCH3 is 1. The zero-order valence-electron chi connectivity index (χ0n) is 16.0. The van der Waals surface area contributed by atoms with Crippen LogP contribution in [-0.2, 0) is 14.6 Å². The molecule has 0 saturated carbocycles. The molecule has 1 aliphatic rings. The van der Waals surface area contributed by atoms with E-state index in [2.05, 4.69) is 15.5 Å². The van der Waals surface area contributed by atoms with Gasteiger partial charge in [-0.25, -0.2) is 8.42 Å². The predicted octanol–water partition coefficient (Wildman–Crippen LogP) is 1.11. The van der Waals surface area contributed by atoms with Crippen LogP contribution in [0.1, 0.15) is 18.9 Å². The van der Waals surface area contributed by atoms with Crippen LogP contribution >= 0.6 is 11.8 Å². The lowest BCUT2D eigenvalue weighted by Gasteiger charge is -2.26. The number of sulfone groups is 1. The maximum Gasteiger partial charge on any atom is 0.233 e. The Morgan fingerprint density at radius 3 is 2.86 bits per heavy atom.